The van der Waals surface area contributed by atoms with Gasteiger partial charge in [0.25, 0.3) is 0 Å². The molecule has 3 rings (SSSR count). The Morgan fingerprint density at radius 3 is 2.46 bits per heavy atom. The van der Waals surface area contributed by atoms with Gasteiger partial charge >= 0.3 is 0 Å². The van der Waals surface area contributed by atoms with E-state index in [-0.39, 0.29) is 0 Å². The Kier molecular flexibility index (Phi) is 5.58. The summed E-state index contributed by atoms with van der Waals surface area (Å²) in [4.78, 5) is 8.77. The second kappa shape index (κ2) is 8.06. The summed E-state index contributed by atoms with van der Waals surface area (Å²) in [6, 6.07) is 15.4. The largest absolute Gasteiger partial charge is 0.495 e. The van der Waals surface area contributed by atoms with Crippen molar-refractivity contribution < 1.29 is 4.74 Å². The van der Waals surface area contributed by atoms with Crippen LogP contribution < -0.4 is 15.4 Å². The van der Waals surface area contributed by atoms with Crippen molar-refractivity contribution in [3.05, 3.63) is 65.3 Å². The van der Waals surface area contributed by atoms with Gasteiger partial charge in [-0.25, -0.2) is 4.98 Å². The van der Waals surface area contributed by atoms with Crippen molar-refractivity contribution >= 4 is 34.7 Å². The highest BCUT2D eigenvalue weighted by molar-refractivity contribution is 6.31. The lowest BCUT2D eigenvalue weighted by Crippen LogP contribution is -2.01. The molecule has 0 saturated carbocycles. The van der Waals surface area contributed by atoms with E-state index in [9.17, 15) is 0 Å². The lowest BCUT2D eigenvalue weighted by Gasteiger charge is -2.12. The van der Waals surface area contributed by atoms with Crippen molar-refractivity contribution in [1.29, 1.82) is 0 Å². The summed E-state index contributed by atoms with van der Waals surface area (Å²) < 4.78 is 5.35. The standard InChI is InChI=1S/C20H21ClN4O/c1-13(2)14-4-7-16(8-5-14)23-20-22-11-10-19(25-20)24-17-12-15(21)6-9-18(17)26-3/h4-13H,1-3H3,(H2,22,23,24,25). The maximum absolute atomic E-state index is 6.07. The van der Waals surface area contributed by atoms with Gasteiger partial charge in [0.1, 0.15) is 11.6 Å². The second-order valence-corrected chi connectivity index (χ2v) is 6.57. The summed E-state index contributed by atoms with van der Waals surface area (Å²) in [6.07, 6.45) is 1.69. The number of halogens is 1. The molecule has 0 aliphatic heterocycles. The zero-order valence-electron chi connectivity index (χ0n) is 15.0. The minimum absolute atomic E-state index is 0.500. The number of aromatic nitrogens is 2. The van der Waals surface area contributed by atoms with Crippen molar-refractivity contribution in [2.24, 2.45) is 0 Å². The van der Waals surface area contributed by atoms with Crippen LogP contribution in [0.2, 0.25) is 5.02 Å². The predicted molar refractivity (Wildman–Crippen MR) is 107 cm³/mol. The van der Waals surface area contributed by atoms with Crippen molar-refractivity contribution in [3.63, 3.8) is 0 Å². The molecule has 0 bridgehead atoms. The van der Waals surface area contributed by atoms with Gasteiger partial charge < -0.3 is 15.4 Å². The number of hydrogen-bond donors (Lipinski definition) is 2. The van der Waals surface area contributed by atoms with E-state index in [1.807, 2.05) is 12.1 Å². The van der Waals surface area contributed by atoms with Gasteiger partial charge in [-0.2, -0.15) is 4.98 Å². The number of ether oxygens (including phenoxy) is 1. The van der Waals surface area contributed by atoms with E-state index in [1.54, 1.807) is 37.6 Å². The molecule has 26 heavy (non-hydrogen) atoms. The van der Waals surface area contributed by atoms with Gasteiger partial charge in [0, 0.05) is 16.9 Å². The van der Waals surface area contributed by atoms with E-state index in [2.05, 4.69) is 46.6 Å². The first-order valence-electron chi connectivity index (χ1n) is 8.36. The Hall–Kier alpha value is -2.79. The van der Waals surface area contributed by atoms with Gasteiger partial charge in [0.05, 0.1) is 12.8 Å². The van der Waals surface area contributed by atoms with E-state index in [0.29, 0.717) is 28.5 Å². The van der Waals surface area contributed by atoms with Gasteiger partial charge in [-0.05, 0) is 47.9 Å². The number of methoxy groups -OCH3 is 1. The molecule has 1 aromatic heterocycles. The molecule has 3 aromatic rings. The van der Waals surface area contributed by atoms with Crippen LogP contribution in [-0.2, 0) is 0 Å². The van der Waals surface area contributed by atoms with Crippen LogP contribution in [0, 0.1) is 0 Å². The van der Waals surface area contributed by atoms with E-state index >= 15 is 0 Å². The van der Waals surface area contributed by atoms with Crippen LogP contribution in [0.3, 0.4) is 0 Å². The third-order valence-electron chi connectivity index (χ3n) is 3.91. The van der Waals surface area contributed by atoms with Crippen molar-refractivity contribution in [2.75, 3.05) is 17.7 Å². The highest BCUT2D eigenvalue weighted by Gasteiger charge is 2.07. The molecule has 0 amide bonds. The monoisotopic (exact) mass is 368 g/mol. The normalized spacial score (nSPS) is 10.7. The fourth-order valence-corrected chi connectivity index (χ4v) is 2.66. The molecule has 0 spiro atoms. The molecular weight excluding hydrogens is 348 g/mol. The third kappa shape index (κ3) is 4.43. The molecule has 0 unspecified atom stereocenters. The Labute approximate surface area is 158 Å². The summed E-state index contributed by atoms with van der Waals surface area (Å²) in [6.45, 7) is 4.34. The van der Waals surface area contributed by atoms with E-state index < -0.39 is 0 Å². The Morgan fingerprint density at radius 2 is 1.77 bits per heavy atom. The molecule has 6 heteroatoms. The molecule has 0 aliphatic carbocycles. The topological polar surface area (TPSA) is 59.1 Å². The fourth-order valence-electron chi connectivity index (χ4n) is 2.48. The summed E-state index contributed by atoms with van der Waals surface area (Å²) in [5.41, 5.74) is 2.97. The first kappa shape index (κ1) is 18.0. The van der Waals surface area contributed by atoms with Crippen LogP contribution >= 0.6 is 11.6 Å². The van der Waals surface area contributed by atoms with Crippen molar-refractivity contribution in [1.82, 2.24) is 9.97 Å². The molecule has 2 N–H and O–H groups in total. The van der Waals surface area contributed by atoms with Crippen molar-refractivity contribution in [3.8, 4) is 5.75 Å². The molecule has 0 saturated heterocycles. The zero-order valence-corrected chi connectivity index (χ0v) is 15.7. The highest BCUT2D eigenvalue weighted by Crippen LogP contribution is 2.30. The van der Waals surface area contributed by atoms with Crippen LogP contribution in [0.4, 0.5) is 23.1 Å². The van der Waals surface area contributed by atoms with Crippen LogP contribution in [0.1, 0.15) is 25.3 Å². The third-order valence-corrected chi connectivity index (χ3v) is 4.15. The van der Waals surface area contributed by atoms with Gasteiger partial charge in [-0.15, -0.1) is 0 Å². The minimum atomic E-state index is 0.500. The molecule has 0 atom stereocenters. The number of benzene rings is 2. The second-order valence-electron chi connectivity index (χ2n) is 6.14. The molecule has 2 aromatic carbocycles. The SMILES string of the molecule is COc1ccc(Cl)cc1Nc1ccnc(Nc2ccc(C(C)C)cc2)n1. The Balaban J connectivity index is 1.77. The molecule has 0 radical (unpaired) electrons. The average molecular weight is 369 g/mol. The van der Waals surface area contributed by atoms with Crippen LogP contribution in [0.15, 0.2) is 54.7 Å². The van der Waals surface area contributed by atoms with Crippen LogP contribution in [0.5, 0.6) is 5.75 Å². The zero-order chi connectivity index (χ0) is 18.5. The number of anilines is 4. The first-order valence-corrected chi connectivity index (χ1v) is 8.73. The van der Waals surface area contributed by atoms with Gasteiger partial charge in [-0.1, -0.05) is 37.6 Å². The lowest BCUT2D eigenvalue weighted by atomic mass is 10.0. The fraction of sp³-hybridized carbons (Fsp3) is 0.200. The summed E-state index contributed by atoms with van der Waals surface area (Å²) >= 11 is 6.07. The van der Waals surface area contributed by atoms with Gasteiger partial charge in [0.15, 0.2) is 0 Å². The minimum Gasteiger partial charge on any atom is -0.495 e. The molecular formula is C20H21ClN4O. The summed E-state index contributed by atoms with van der Waals surface area (Å²) in [5, 5.41) is 7.05. The highest BCUT2D eigenvalue weighted by atomic mass is 35.5. The number of rotatable bonds is 6. The molecule has 0 aliphatic rings. The van der Waals surface area contributed by atoms with E-state index in [0.717, 1.165) is 11.4 Å². The number of nitrogens with one attached hydrogen (secondary N) is 2. The van der Waals surface area contributed by atoms with Crippen LogP contribution in [0.25, 0.3) is 0 Å². The van der Waals surface area contributed by atoms with E-state index in [1.165, 1.54) is 5.56 Å². The first-order chi connectivity index (χ1) is 12.5. The van der Waals surface area contributed by atoms with Gasteiger partial charge in [0.2, 0.25) is 5.95 Å². The Morgan fingerprint density at radius 1 is 1.00 bits per heavy atom. The maximum Gasteiger partial charge on any atom is 0.229 e. The molecule has 134 valence electrons. The number of hydrogen-bond acceptors (Lipinski definition) is 5. The smallest absolute Gasteiger partial charge is 0.229 e. The quantitative estimate of drug-likeness (QED) is 0.580. The average Bonchev–Trinajstić information content (AvgIpc) is 2.63. The summed E-state index contributed by atoms with van der Waals surface area (Å²) in [7, 11) is 1.61. The van der Waals surface area contributed by atoms with Crippen LogP contribution in [-0.4, -0.2) is 17.1 Å². The molecule has 5 nitrogen and oxygen atoms in total. The predicted octanol–water partition coefficient (Wildman–Crippen LogP) is 5.75. The number of nitrogens with zero attached hydrogens (tertiary/aromatic N) is 2. The molecule has 1 heterocycles. The van der Waals surface area contributed by atoms with Crippen molar-refractivity contribution in [2.45, 2.75) is 19.8 Å². The van der Waals surface area contributed by atoms with E-state index in [4.69, 9.17) is 16.3 Å². The molecule has 0 fully saturated rings. The lowest BCUT2D eigenvalue weighted by molar-refractivity contribution is 0.417. The van der Waals surface area contributed by atoms with Gasteiger partial charge in [-0.3, -0.25) is 0 Å². The Bertz CT molecular complexity index is 881. The summed E-state index contributed by atoms with van der Waals surface area (Å²) in [5.74, 6) is 2.34. The maximum atomic E-state index is 6.07.